The average molecular weight is 213 g/mol. The van der Waals surface area contributed by atoms with Gasteiger partial charge in [0.25, 0.3) is 5.56 Å². The predicted octanol–water partition coefficient (Wildman–Crippen LogP) is 0.623. The largest absolute Gasteiger partial charge is 0.330 e. The van der Waals surface area contributed by atoms with Crippen LogP contribution in [-0.2, 0) is 0 Å². The first-order valence-electron chi connectivity index (χ1n) is 4.98. The van der Waals surface area contributed by atoms with E-state index in [2.05, 4.69) is 21.8 Å². The zero-order valence-electron chi connectivity index (χ0n) is 8.66. The summed E-state index contributed by atoms with van der Waals surface area (Å²) in [4.78, 5) is 18.2. The number of aromatic amines is 1. The van der Waals surface area contributed by atoms with Gasteiger partial charge in [0.15, 0.2) is 0 Å². The predicted molar refractivity (Wildman–Crippen MR) is 62.9 cm³/mol. The van der Waals surface area contributed by atoms with Crippen molar-refractivity contribution in [3.05, 3.63) is 40.4 Å². The van der Waals surface area contributed by atoms with Crippen LogP contribution in [0.3, 0.4) is 0 Å². The van der Waals surface area contributed by atoms with Gasteiger partial charge in [-0.15, -0.1) is 0 Å². The Bertz CT molecular complexity index is 619. The highest BCUT2D eigenvalue weighted by Crippen LogP contribution is 2.10. The van der Waals surface area contributed by atoms with Crippen LogP contribution < -0.4 is 11.3 Å². The van der Waals surface area contributed by atoms with E-state index in [0.717, 1.165) is 5.56 Å². The molecule has 0 fully saturated rings. The zero-order chi connectivity index (χ0) is 11.4. The van der Waals surface area contributed by atoms with E-state index in [1.54, 1.807) is 12.1 Å². The van der Waals surface area contributed by atoms with Crippen molar-refractivity contribution in [3.63, 3.8) is 0 Å². The third kappa shape index (κ3) is 1.95. The molecule has 0 saturated heterocycles. The van der Waals surface area contributed by atoms with Crippen molar-refractivity contribution in [2.24, 2.45) is 5.73 Å². The molecule has 0 atom stereocenters. The quantitative estimate of drug-likeness (QED) is 0.682. The van der Waals surface area contributed by atoms with Crippen LogP contribution in [0.1, 0.15) is 12.0 Å². The Morgan fingerprint density at radius 3 is 3.12 bits per heavy atom. The highest BCUT2D eigenvalue weighted by Gasteiger charge is 2.01. The van der Waals surface area contributed by atoms with Crippen LogP contribution in [0.15, 0.2) is 29.3 Å². The van der Waals surface area contributed by atoms with E-state index in [4.69, 9.17) is 5.73 Å². The second-order valence-electron chi connectivity index (χ2n) is 3.27. The normalized spacial score (nSPS) is 9.81. The van der Waals surface area contributed by atoms with Gasteiger partial charge in [0.1, 0.15) is 0 Å². The maximum Gasteiger partial charge on any atom is 0.258 e. The first-order chi connectivity index (χ1) is 7.83. The summed E-state index contributed by atoms with van der Waals surface area (Å²) in [6, 6.07) is 5.37. The molecule has 80 valence electrons. The number of fused-ring (bicyclic) bond motifs is 1. The van der Waals surface area contributed by atoms with Gasteiger partial charge in [0, 0.05) is 13.0 Å². The molecule has 1 aromatic heterocycles. The van der Waals surface area contributed by atoms with Gasteiger partial charge < -0.3 is 10.7 Å². The Kier molecular flexibility index (Phi) is 2.99. The van der Waals surface area contributed by atoms with E-state index in [1.165, 1.54) is 6.33 Å². The average Bonchev–Trinajstić information content (AvgIpc) is 2.31. The lowest BCUT2D eigenvalue weighted by molar-refractivity contribution is 1.03. The number of nitrogens with two attached hydrogens (primary N) is 1. The molecule has 0 radical (unpaired) electrons. The summed E-state index contributed by atoms with van der Waals surface area (Å²) in [5.74, 6) is 5.91. The summed E-state index contributed by atoms with van der Waals surface area (Å²) in [6.07, 6.45) is 2.03. The summed E-state index contributed by atoms with van der Waals surface area (Å²) in [5.41, 5.74) is 6.61. The molecular formula is C12H11N3O. The van der Waals surface area contributed by atoms with Crippen LogP contribution in [0.2, 0.25) is 0 Å². The molecule has 0 aliphatic carbocycles. The summed E-state index contributed by atoms with van der Waals surface area (Å²) < 4.78 is 0. The molecule has 2 aromatic rings. The number of para-hydroxylation sites is 1. The van der Waals surface area contributed by atoms with E-state index in [0.29, 0.717) is 23.9 Å². The summed E-state index contributed by atoms with van der Waals surface area (Å²) in [6.45, 7) is 0.534. The molecule has 4 nitrogen and oxygen atoms in total. The lowest BCUT2D eigenvalue weighted by Crippen LogP contribution is -2.06. The highest BCUT2D eigenvalue weighted by atomic mass is 16.1. The molecular weight excluding hydrogens is 202 g/mol. The number of hydrogen-bond acceptors (Lipinski definition) is 3. The van der Waals surface area contributed by atoms with Crippen LogP contribution in [0.25, 0.3) is 10.9 Å². The van der Waals surface area contributed by atoms with Gasteiger partial charge in [-0.25, -0.2) is 4.98 Å². The maximum atomic E-state index is 11.5. The minimum Gasteiger partial charge on any atom is -0.330 e. The minimum atomic E-state index is -0.146. The Balaban J connectivity index is 2.60. The van der Waals surface area contributed by atoms with Gasteiger partial charge in [-0.1, -0.05) is 17.9 Å². The van der Waals surface area contributed by atoms with Crippen molar-refractivity contribution in [1.29, 1.82) is 0 Å². The zero-order valence-corrected chi connectivity index (χ0v) is 8.66. The summed E-state index contributed by atoms with van der Waals surface area (Å²) >= 11 is 0. The van der Waals surface area contributed by atoms with E-state index in [-0.39, 0.29) is 5.56 Å². The van der Waals surface area contributed by atoms with E-state index >= 15 is 0 Å². The van der Waals surface area contributed by atoms with Gasteiger partial charge in [-0.2, -0.15) is 0 Å². The lowest BCUT2D eigenvalue weighted by Gasteiger charge is -1.97. The Labute approximate surface area is 92.5 Å². The third-order valence-corrected chi connectivity index (χ3v) is 2.16. The standard InChI is InChI=1S/C12H11N3O/c13-7-2-1-4-9-5-3-6-10-11(9)14-8-15-12(10)16/h3,5-6,8H,2,7,13H2,(H,14,15,16). The minimum absolute atomic E-state index is 0.146. The fourth-order valence-corrected chi connectivity index (χ4v) is 1.43. The van der Waals surface area contributed by atoms with Crippen molar-refractivity contribution in [2.75, 3.05) is 6.54 Å². The maximum absolute atomic E-state index is 11.5. The second-order valence-corrected chi connectivity index (χ2v) is 3.27. The first kappa shape index (κ1) is 10.4. The molecule has 0 aliphatic heterocycles. The van der Waals surface area contributed by atoms with Crippen molar-refractivity contribution >= 4 is 10.9 Å². The Morgan fingerprint density at radius 1 is 1.44 bits per heavy atom. The molecule has 1 aromatic carbocycles. The van der Waals surface area contributed by atoms with Gasteiger partial charge in [-0.05, 0) is 12.1 Å². The molecule has 0 bridgehead atoms. The number of H-pyrrole nitrogens is 1. The fourth-order valence-electron chi connectivity index (χ4n) is 1.43. The molecule has 16 heavy (non-hydrogen) atoms. The first-order valence-corrected chi connectivity index (χ1v) is 4.98. The Hall–Kier alpha value is -2.12. The molecule has 0 unspecified atom stereocenters. The topological polar surface area (TPSA) is 71.8 Å². The molecule has 2 rings (SSSR count). The molecule has 4 heteroatoms. The number of nitrogens with one attached hydrogen (secondary N) is 1. The van der Waals surface area contributed by atoms with Crippen LogP contribution >= 0.6 is 0 Å². The number of nitrogens with zero attached hydrogens (tertiary/aromatic N) is 1. The fraction of sp³-hybridized carbons (Fsp3) is 0.167. The molecule has 1 heterocycles. The molecule has 0 spiro atoms. The van der Waals surface area contributed by atoms with E-state index in [9.17, 15) is 4.79 Å². The van der Waals surface area contributed by atoms with Crippen LogP contribution in [0.5, 0.6) is 0 Å². The molecule has 0 saturated carbocycles. The van der Waals surface area contributed by atoms with Crippen molar-refractivity contribution in [1.82, 2.24) is 9.97 Å². The van der Waals surface area contributed by atoms with Gasteiger partial charge in [0.2, 0.25) is 0 Å². The SMILES string of the molecule is NCCC#Cc1cccc2c(=O)[nH]cnc12. The van der Waals surface area contributed by atoms with Crippen molar-refractivity contribution < 1.29 is 0 Å². The number of hydrogen-bond donors (Lipinski definition) is 2. The Morgan fingerprint density at radius 2 is 2.31 bits per heavy atom. The smallest absolute Gasteiger partial charge is 0.258 e. The molecule has 0 amide bonds. The third-order valence-electron chi connectivity index (χ3n) is 2.16. The lowest BCUT2D eigenvalue weighted by atomic mass is 10.1. The van der Waals surface area contributed by atoms with E-state index < -0.39 is 0 Å². The summed E-state index contributed by atoms with van der Waals surface area (Å²) in [7, 11) is 0. The van der Waals surface area contributed by atoms with Crippen LogP contribution in [0, 0.1) is 11.8 Å². The number of aromatic nitrogens is 2. The molecule has 0 aliphatic rings. The van der Waals surface area contributed by atoms with Gasteiger partial charge in [-0.3, -0.25) is 4.79 Å². The second kappa shape index (κ2) is 4.60. The van der Waals surface area contributed by atoms with Gasteiger partial charge in [0.05, 0.1) is 22.8 Å². The monoisotopic (exact) mass is 213 g/mol. The summed E-state index contributed by atoms with van der Waals surface area (Å²) in [5, 5.41) is 0.557. The molecule has 3 N–H and O–H groups in total. The van der Waals surface area contributed by atoms with Gasteiger partial charge >= 0.3 is 0 Å². The van der Waals surface area contributed by atoms with Crippen molar-refractivity contribution in [2.45, 2.75) is 6.42 Å². The van der Waals surface area contributed by atoms with E-state index in [1.807, 2.05) is 6.07 Å². The number of benzene rings is 1. The highest BCUT2D eigenvalue weighted by molar-refractivity contribution is 5.83. The number of rotatable bonds is 1. The van der Waals surface area contributed by atoms with Crippen LogP contribution in [0.4, 0.5) is 0 Å². The van der Waals surface area contributed by atoms with Crippen LogP contribution in [-0.4, -0.2) is 16.5 Å². The van der Waals surface area contributed by atoms with Crippen molar-refractivity contribution in [3.8, 4) is 11.8 Å².